The fraction of sp³-hybridized carbons (Fsp3) is 0.143. The molecule has 0 aromatic heterocycles. The second kappa shape index (κ2) is 5.32. The number of halogens is 2. The SMILES string of the molecule is Cc1ccc(COc2ccc(F)c(Br)c2)cc1. The highest BCUT2D eigenvalue weighted by Gasteiger charge is 2.01. The lowest BCUT2D eigenvalue weighted by Crippen LogP contribution is -1.95. The van der Waals surface area contributed by atoms with Crippen LogP contribution in [-0.4, -0.2) is 0 Å². The van der Waals surface area contributed by atoms with Crippen molar-refractivity contribution in [2.45, 2.75) is 13.5 Å². The van der Waals surface area contributed by atoms with Gasteiger partial charge in [0, 0.05) is 0 Å². The van der Waals surface area contributed by atoms with E-state index in [-0.39, 0.29) is 5.82 Å². The Morgan fingerprint density at radius 2 is 1.82 bits per heavy atom. The highest BCUT2D eigenvalue weighted by molar-refractivity contribution is 9.10. The Morgan fingerprint density at radius 1 is 1.12 bits per heavy atom. The third-order valence-electron chi connectivity index (χ3n) is 2.42. The fourth-order valence-electron chi connectivity index (χ4n) is 1.42. The van der Waals surface area contributed by atoms with Crippen molar-refractivity contribution in [3.8, 4) is 5.75 Å². The molecule has 3 heteroatoms. The van der Waals surface area contributed by atoms with Crippen molar-refractivity contribution < 1.29 is 9.13 Å². The van der Waals surface area contributed by atoms with E-state index in [0.29, 0.717) is 16.8 Å². The van der Waals surface area contributed by atoms with Crippen molar-refractivity contribution in [2.24, 2.45) is 0 Å². The summed E-state index contributed by atoms with van der Waals surface area (Å²) in [5.74, 6) is 0.367. The summed E-state index contributed by atoms with van der Waals surface area (Å²) in [4.78, 5) is 0. The van der Waals surface area contributed by atoms with Crippen molar-refractivity contribution >= 4 is 15.9 Å². The molecule has 2 aromatic rings. The maximum absolute atomic E-state index is 13.0. The van der Waals surface area contributed by atoms with Gasteiger partial charge in [-0.2, -0.15) is 0 Å². The Labute approximate surface area is 108 Å². The van der Waals surface area contributed by atoms with Gasteiger partial charge in [0.15, 0.2) is 0 Å². The minimum absolute atomic E-state index is 0.285. The monoisotopic (exact) mass is 294 g/mol. The largest absolute Gasteiger partial charge is 0.489 e. The van der Waals surface area contributed by atoms with E-state index in [2.05, 4.69) is 15.9 Å². The first kappa shape index (κ1) is 12.1. The van der Waals surface area contributed by atoms with Gasteiger partial charge in [0.25, 0.3) is 0 Å². The lowest BCUT2D eigenvalue weighted by Gasteiger charge is -2.07. The number of ether oxygens (including phenoxy) is 1. The van der Waals surface area contributed by atoms with Gasteiger partial charge < -0.3 is 4.74 Å². The van der Waals surface area contributed by atoms with Crippen LogP contribution in [0.1, 0.15) is 11.1 Å². The molecule has 0 unspecified atom stereocenters. The first-order valence-electron chi connectivity index (χ1n) is 5.28. The van der Waals surface area contributed by atoms with Gasteiger partial charge in [0.1, 0.15) is 18.2 Å². The molecule has 1 nitrogen and oxygen atoms in total. The van der Waals surface area contributed by atoms with E-state index in [1.54, 1.807) is 12.1 Å². The van der Waals surface area contributed by atoms with Crippen molar-refractivity contribution in [1.82, 2.24) is 0 Å². The number of aryl methyl sites for hydroxylation is 1. The first-order chi connectivity index (χ1) is 8.15. The smallest absolute Gasteiger partial charge is 0.137 e. The molecule has 0 saturated heterocycles. The zero-order valence-electron chi connectivity index (χ0n) is 9.41. The van der Waals surface area contributed by atoms with Crippen LogP contribution in [-0.2, 0) is 6.61 Å². The van der Waals surface area contributed by atoms with E-state index in [4.69, 9.17) is 4.74 Å². The van der Waals surface area contributed by atoms with Crippen molar-refractivity contribution in [3.63, 3.8) is 0 Å². The molecule has 2 aromatic carbocycles. The molecule has 0 spiro atoms. The van der Waals surface area contributed by atoms with Crippen LogP contribution in [0.4, 0.5) is 4.39 Å². The zero-order valence-corrected chi connectivity index (χ0v) is 11.0. The minimum Gasteiger partial charge on any atom is -0.489 e. The van der Waals surface area contributed by atoms with Crippen LogP contribution >= 0.6 is 15.9 Å². The fourth-order valence-corrected chi connectivity index (χ4v) is 1.78. The van der Waals surface area contributed by atoms with E-state index < -0.39 is 0 Å². The summed E-state index contributed by atoms with van der Waals surface area (Å²) in [5, 5.41) is 0. The highest BCUT2D eigenvalue weighted by Crippen LogP contribution is 2.22. The average Bonchev–Trinajstić information content (AvgIpc) is 2.33. The zero-order chi connectivity index (χ0) is 12.3. The van der Waals surface area contributed by atoms with Crippen LogP contribution in [0.2, 0.25) is 0 Å². The van der Waals surface area contributed by atoms with Crippen LogP contribution in [0.15, 0.2) is 46.9 Å². The minimum atomic E-state index is -0.285. The molecule has 0 fully saturated rings. The normalized spacial score (nSPS) is 10.3. The third-order valence-corrected chi connectivity index (χ3v) is 3.02. The van der Waals surface area contributed by atoms with E-state index in [1.165, 1.54) is 11.6 Å². The summed E-state index contributed by atoms with van der Waals surface area (Å²) in [6.07, 6.45) is 0. The van der Waals surface area contributed by atoms with Gasteiger partial charge in [-0.3, -0.25) is 0 Å². The standard InChI is InChI=1S/C14H12BrFO/c1-10-2-4-11(5-3-10)9-17-12-6-7-14(16)13(15)8-12/h2-8H,9H2,1H3. The molecule has 0 heterocycles. The number of rotatable bonds is 3. The first-order valence-corrected chi connectivity index (χ1v) is 6.08. The van der Waals surface area contributed by atoms with E-state index >= 15 is 0 Å². The molecule has 0 bridgehead atoms. The predicted octanol–water partition coefficient (Wildman–Crippen LogP) is 4.48. The number of hydrogen-bond donors (Lipinski definition) is 0. The van der Waals surface area contributed by atoms with E-state index in [1.807, 2.05) is 31.2 Å². The van der Waals surface area contributed by atoms with Crippen molar-refractivity contribution in [3.05, 3.63) is 63.9 Å². The van der Waals surface area contributed by atoms with Gasteiger partial charge in [-0.15, -0.1) is 0 Å². The summed E-state index contributed by atoms with van der Waals surface area (Å²) in [5.41, 5.74) is 2.31. The van der Waals surface area contributed by atoms with Crippen LogP contribution in [0.3, 0.4) is 0 Å². The quantitative estimate of drug-likeness (QED) is 0.811. The second-order valence-corrected chi connectivity index (χ2v) is 4.70. The Hall–Kier alpha value is -1.35. The molecule has 0 atom stereocenters. The van der Waals surface area contributed by atoms with Crippen LogP contribution in [0, 0.1) is 12.7 Å². The summed E-state index contributed by atoms with van der Waals surface area (Å²) in [6.45, 7) is 2.53. The summed E-state index contributed by atoms with van der Waals surface area (Å²) in [7, 11) is 0. The number of benzene rings is 2. The van der Waals surface area contributed by atoms with E-state index in [0.717, 1.165) is 5.56 Å². The lowest BCUT2D eigenvalue weighted by atomic mass is 10.2. The molecule has 0 saturated carbocycles. The molecule has 17 heavy (non-hydrogen) atoms. The molecule has 0 aliphatic carbocycles. The second-order valence-electron chi connectivity index (χ2n) is 3.85. The van der Waals surface area contributed by atoms with Crippen LogP contribution < -0.4 is 4.74 Å². The third kappa shape index (κ3) is 3.30. The lowest BCUT2D eigenvalue weighted by molar-refractivity contribution is 0.305. The average molecular weight is 295 g/mol. The molecule has 88 valence electrons. The molecule has 0 aliphatic rings. The maximum atomic E-state index is 13.0. The van der Waals surface area contributed by atoms with Gasteiger partial charge in [-0.1, -0.05) is 29.8 Å². The summed E-state index contributed by atoms with van der Waals surface area (Å²) < 4.78 is 19.0. The highest BCUT2D eigenvalue weighted by atomic mass is 79.9. The predicted molar refractivity (Wildman–Crippen MR) is 69.6 cm³/mol. The van der Waals surface area contributed by atoms with Crippen LogP contribution in [0.5, 0.6) is 5.75 Å². The molecule has 0 N–H and O–H groups in total. The Balaban J connectivity index is 2.02. The molecule has 0 amide bonds. The molecular weight excluding hydrogens is 283 g/mol. The maximum Gasteiger partial charge on any atom is 0.137 e. The van der Waals surface area contributed by atoms with Crippen molar-refractivity contribution in [1.29, 1.82) is 0 Å². The van der Waals surface area contributed by atoms with Crippen LogP contribution in [0.25, 0.3) is 0 Å². The van der Waals surface area contributed by atoms with E-state index in [9.17, 15) is 4.39 Å². The van der Waals surface area contributed by atoms with Gasteiger partial charge in [0.05, 0.1) is 4.47 Å². The Morgan fingerprint density at radius 3 is 2.47 bits per heavy atom. The molecule has 0 radical (unpaired) electrons. The molecule has 0 aliphatic heterocycles. The van der Waals surface area contributed by atoms with Crippen molar-refractivity contribution in [2.75, 3.05) is 0 Å². The topological polar surface area (TPSA) is 9.23 Å². The molecular formula is C14H12BrFO. The van der Waals surface area contributed by atoms with Gasteiger partial charge in [-0.25, -0.2) is 4.39 Å². The van der Waals surface area contributed by atoms with Gasteiger partial charge >= 0.3 is 0 Å². The van der Waals surface area contributed by atoms with Gasteiger partial charge in [0.2, 0.25) is 0 Å². The Kier molecular flexibility index (Phi) is 3.79. The summed E-state index contributed by atoms with van der Waals surface area (Å²) >= 11 is 3.13. The number of hydrogen-bond acceptors (Lipinski definition) is 1. The summed E-state index contributed by atoms with van der Waals surface area (Å²) in [6, 6.07) is 12.8. The Bertz CT molecular complexity index is 508. The van der Waals surface area contributed by atoms with Gasteiger partial charge in [-0.05, 0) is 46.6 Å². The molecule has 2 rings (SSSR count).